The predicted molar refractivity (Wildman–Crippen MR) is 138 cm³/mol. The van der Waals surface area contributed by atoms with Gasteiger partial charge in [0.1, 0.15) is 23.6 Å². The van der Waals surface area contributed by atoms with Gasteiger partial charge in [-0.25, -0.2) is 24.6 Å². The molecule has 1 saturated carbocycles. The van der Waals surface area contributed by atoms with Crippen LogP contribution < -0.4 is 10.5 Å². The van der Waals surface area contributed by atoms with E-state index in [1.165, 1.54) is 32.3 Å². The summed E-state index contributed by atoms with van der Waals surface area (Å²) in [5.74, 6) is 1.10. The van der Waals surface area contributed by atoms with Crippen molar-refractivity contribution in [3.8, 4) is 23.0 Å². The van der Waals surface area contributed by atoms with Gasteiger partial charge in [0.25, 0.3) is 0 Å². The van der Waals surface area contributed by atoms with E-state index in [9.17, 15) is 0 Å². The molecule has 10 heteroatoms. The first-order valence-electron chi connectivity index (χ1n) is 12.6. The number of anilines is 1. The highest BCUT2D eigenvalue weighted by Crippen LogP contribution is 2.37. The molecule has 1 aromatic carbocycles. The largest absolute Gasteiger partial charge is 0.424 e. The van der Waals surface area contributed by atoms with Crippen molar-refractivity contribution in [2.75, 3.05) is 39.0 Å². The molecule has 10 nitrogen and oxygen atoms in total. The third kappa shape index (κ3) is 4.49. The second-order valence-electron chi connectivity index (χ2n) is 9.71. The zero-order chi connectivity index (χ0) is 24.5. The third-order valence-corrected chi connectivity index (χ3v) is 7.46. The number of piperazine rings is 1. The normalized spacial score (nSPS) is 21.6. The van der Waals surface area contributed by atoms with Gasteiger partial charge in [-0.2, -0.15) is 5.10 Å². The quantitative estimate of drug-likeness (QED) is 0.455. The van der Waals surface area contributed by atoms with Gasteiger partial charge in [-0.05, 0) is 63.1 Å². The Kier molecular flexibility index (Phi) is 6.20. The Balaban J connectivity index is 1.24. The molecule has 0 unspecified atom stereocenters. The number of nitrogens with zero attached hydrogens (tertiary/aromatic N) is 8. The zero-order valence-corrected chi connectivity index (χ0v) is 20.5. The van der Waals surface area contributed by atoms with Crippen LogP contribution in [0.4, 0.5) is 5.82 Å². The van der Waals surface area contributed by atoms with Crippen molar-refractivity contribution in [3.63, 3.8) is 0 Å². The number of nitrogen functional groups attached to an aromatic ring is 1. The van der Waals surface area contributed by atoms with Gasteiger partial charge < -0.3 is 15.4 Å². The molecular weight excluding hydrogens is 454 g/mol. The van der Waals surface area contributed by atoms with Crippen LogP contribution in [0.1, 0.15) is 31.7 Å². The summed E-state index contributed by atoms with van der Waals surface area (Å²) in [6, 6.07) is 10.7. The van der Waals surface area contributed by atoms with Gasteiger partial charge in [0.05, 0.1) is 11.4 Å². The molecule has 0 radical (unpaired) electrons. The van der Waals surface area contributed by atoms with E-state index >= 15 is 0 Å². The maximum absolute atomic E-state index is 6.34. The fourth-order valence-electron chi connectivity index (χ4n) is 5.43. The first-order valence-corrected chi connectivity index (χ1v) is 12.6. The molecule has 0 spiro atoms. The molecule has 2 N–H and O–H groups in total. The van der Waals surface area contributed by atoms with E-state index < -0.39 is 0 Å². The highest BCUT2D eigenvalue weighted by atomic mass is 16.5. The minimum absolute atomic E-state index is 0.303. The van der Waals surface area contributed by atoms with Crippen LogP contribution in [0.2, 0.25) is 0 Å². The Morgan fingerprint density at radius 3 is 2.28 bits per heavy atom. The van der Waals surface area contributed by atoms with E-state index in [0.29, 0.717) is 29.7 Å². The molecule has 2 fully saturated rings. The van der Waals surface area contributed by atoms with E-state index in [0.717, 1.165) is 48.2 Å². The minimum atomic E-state index is 0.303. The second-order valence-corrected chi connectivity index (χ2v) is 9.71. The predicted octanol–water partition coefficient (Wildman–Crippen LogP) is 3.39. The van der Waals surface area contributed by atoms with Crippen LogP contribution in [-0.2, 0) is 0 Å². The SMILES string of the molecule is CN1CCN([C@H]2CC[C@@H](n3nc(-c4ccc(Oc5ncccn5)cc4)c4c(N)ncnc43)CC2)CC1. The fraction of sp³-hybridized carbons (Fsp3) is 0.423. The average molecular weight is 486 g/mol. The molecule has 1 aliphatic carbocycles. The van der Waals surface area contributed by atoms with Gasteiger partial charge in [-0.3, -0.25) is 4.90 Å². The molecule has 1 aliphatic heterocycles. The summed E-state index contributed by atoms with van der Waals surface area (Å²) in [5.41, 5.74) is 8.88. The second kappa shape index (κ2) is 9.79. The summed E-state index contributed by atoms with van der Waals surface area (Å²) < 4.78 is 7.83. The lowest BCUT2D eigenvalue weighted by molar-refractivity contribution is 0.0815. The molecule has 3 aromatic heterocycles. The van der Waals surface area contributed by atoms with Crippen LogP contribution in [0.15, 0.2) is 49.1 Å². The van der Waals surface area contributed by atoms with Crippen molar-refractivity contribution in [1.29, 1.82) is 0 Å². The van der Waals surface area contributed by atoms with Crippen molar-refractivity contribution in [2.45, 2.75) is 37.8 Å². The van der Waals surface area contributed by atoms with Crippen LogP contribution in [0.5, 0.6) is 11.8 Å². The number of nitrogens with two attached hydrogens (primary N) is 1. The summed E-state index contributed by atoms with van der Waals surface area (Å²) in [6.07, 6.45) is 9.36. The van der Waals surface area contributed by atoms with E-state index in [1.807, 2.05) is 24.3 Å². The van der Waals surface area contributed by atoms with Crippen LogP contribution in [-0.4, -0.2) is 78.8 Å². The summed E-state index contributed by atoms with van der Waals surface area (Å²) in [6.45, 7) is 4.65. The first-order chi connectivity index (χ1) is 17.7. The van der Waals surface area contributed by atoms with Crippen molar-refractivity contribution < 1.29 is 4.74 Å². The summed E-state index contributed by atoms with van der Waals surface area (Å²) in [7, 11) is 2.21. The Morgan fingerprint density at radius 2 is 1.56 bits per heavy atom. The van der Waals surface area contributed by atoms with Gasteiger partial charge >= 0.3 is 6.01 Å². The number of aromatic nitrogens is 6. The van der Waals surface area contributed by atoms with E-state index in [2.05, 4.69) is 41.5 Å². The third-order valence-electron chi connectivity index (χ3n) is 7.46. The lowest BCUT2D eigenvalue weighted by Gasteiger charge is -2.41. The van der Waals surface area contributed by atoms with E-state index in [1.54, 1.807) is 18.5 Å². The summed E-state index contributed by atoms with van der Waals surface area (Å²) in [4.78, 5) is 22.2. The maximum Gasteiger partial charge on any atom is 0.321 e. The monoisotopic (exact) mass is 485 g/mol. The van der Waals surface area contributed by atoms with Crippen LogP contribution >= 0.6 is 0 Å². The maximum atomic E-state index is 6.34. The van der Waals surface area contributed by atoms with Gasteiger partial charge in [0, 0.05) is 50.2 Å². The fourth-order valence-corrected chi connectivity index (χ4v) is 5.43. The molecule has 4 heterocycles. The zero-order valence-electron chi connectivity index (χ0n) is 20.5. The van der Waals surface area contributed by atoms with Gasteiger partial charge in [0.2, 0.25) is 0 Å². The van der Waals surface area contributed by atoms with Crippen LogP contribution in [0, 0.1) is 0 Å². The summed E-state index contributed by atoms with van der Waals surface area (Å²) >= 11 is 0. The molecule has 36 heavy (non-hydrogen) atoms. The van der Waals surface area contributed by atoms with Crippen molar-refractivity contribution in [3.05, 3.63) is 49.1 Å². The number of rotatable bonds is 5. The molecule has 4 aromatic rings. The Hall–Kier alpha value is -3.63. The van der Waals surface area contributed by atoms with Crippen molar-refractivity contribution >= 4 is 16.9 Å². The van der Waals surface area contributed by atoms with E-state index in [4.69, 9.17) is 15.6 Å². The lowest BCUT2D eigenvalue weighted by atomic mass is 9.90. The molecule has 0 atom stereocenters. The average Bonchev–Trinajstić information content (AvgIpc) is 3.31. The van der Waals surface area contributed by atoms with Crippen LogP contribution in [0.25, 0.3) is 22.3 Å². The molecule has 1 saturated heterocycles. The number of fused-ring (bicyclic) bond motifs is 1. The molecular formula is C26H31N9O. The molecule has 0 bridgehead atoms. The number of likely N-dealkylation sites (N-methyl/N-ethyl adjacent to an activating group) is 1. The topological polar surface area (TPSA) is 111 Å². The van der Waals surface area contributed by atoms with Crippen LogP contribution in [0.3, 0.4) is 0 Å². The molecule has 0 amide bonds. The lowest BCUT2D eigenvalue weighted by Crippen LogP contribution is -2.49. The first kappa shape index (κ1) is 22.8. The molecule has 186 valence electrons. The minimum Gasteiger partial charge on any atom is -0.424 e. The number of ether oxygens (including phenoxy) is 1. The highest BCUT2D eigenvalue weighted by molar-refractivity contribution is 5.98. The number of benzene rings is 1. The van der Waals surface area contributed by atoms with Crippen molar-refractivity contribution in [1.82, 2.24) is 39.5 Å². The number of hydrogen-bond acceptors (Lipinski definition) is 9. The van der Waals surface area contributed by atoms with Gasteiger partial charge in [0.15, 0.2) is 5.65 Å². The standard InChI is InChI=1S/C26H31N9O/c1-33-13-15-34(16-14-33)19-5-7-20(8-6-19)35-25-22(24(27)30-17-31-25)23(32-35)18-3-9-21(10-4-18)36-26-28-11-2-12-29-26/h2-4,9-12,17,19-20H,5-8,13-16H2,1H3,(H2,27,30,31)/t19-,20+. The van der Waals surface area contributed by atoms with Gasteiger partial charge in [-0.1, -0.05) is 0 Å². The van der Waals surface area contributed by atoms with Gasteiger partial charge in [-0.15, -0.1) is 0 Å². The highest BCUT2D eigenvalue weighted by Gasteiger charge is 2.30. The molecule has 2 aliphatic rings. The Bertz CT molecular complexity index is 1310. The smallest absolute Gasteiger partial charge is 0.321 e. The molecule has 6 rings (SSSR count). The number of hydrogen-bond donors (Lipinski definition) is 1. The van der Waals surface area contributed by atoms with Crippen molar-refractivity contribution in [2.24, 2.45) is 0 Å². The van der Waals surface area contributed by atoms with E-state index in [-0.39, 0.29) is 0 Å². The summed E-state index contributed by atoms with van der Waals surface area (Å²) in [5, 5.41) is 5.86. The Morgan fingerprint density at radius 1 is 0.861 bits per heavy atom. The Labute approximate surface area is 210 Å².